The van der Waals surface area contributed by atoms with Crippen LogP contribution in [0.25, 0.3) is 0 Å². The Morgan fingerprint density at radius 1 is 0.935 bits per heavy atom. The van der Waals surface area contributed by atoms with E-state index in [0.717, 1.165) is 48.9 Å². The van der Waals surface area contributed by atoms with Crippen LogP contribution in [0.5, 0.6) is 0 Å². The van der Waals surface area contributed by atoms with Crippen LogP contribution in [-0.2, 0) is 6.42 Å². The van der Waals surface area contributed by atoms with Crippen LogP contribution in [0.2, 0.25) is 0 Å². The maximum atomic E-state index is 13.3. The summed E-state index contributed by atoms with van der Waals surface area (Å²) in [5, 5.41) is 0. The normalized spacial score (nSPS) is 18.8. The van der Waals surface area contributed by atoms with E-state index in [4.69, 9.17) is 4.98 Å². The first-order chi connectivity index (χ1) is 15.1. The lowest BCUT2D eigenvalue weighted by molar-refractivity contribution is 0.0962. The van der Waals surface area contributed by atoms with E-state index in [1.807, 2.05) is 31.3 Å². The zero-order chi connectivity index (χ0) is 21.4. The predicted molar refractivity (Wildman–Crippen MR) is 117 cm³/mol. The van der Waals surface area contributed by atoms with E-state index in [1.54, 1.807) is 12.1 Å². The molecule has 2 aromatic heterocycles. The molecule has 0 radical (unpaired) electrons. The first-order valence-corrected chi connectivity index (χ1v) is 10.7. The Morgan fingerprint density at radius 3 is 2.39 bits per heavy atom. The highest BCUT2D eigenvalue weighted by atomic mass is 19.1. The largest absolute Gasteiger partial charge is 0.353 e. The lowest BCUT2D eigenvalue weighted by atomic mass is 9.81. The van der Waals surface area contributed by atoms with Crippen molar-refractivity contribution in [1.82, 2.24) is 15.0 Å². The van der Waals surface area contributed by atoms with E-state index in [2.05, 4.69) is 19.8 Å². The van der Waals surface area contributed by atoms with Gasteiger partial charge in [0.25, 0.3) is 0 Å². The Hall–Kier alpha value is -3.35. The van der Waals surface area contributed by atoms with Crippen molar-refractivity contribution in [3.05, 3.63) is 77.0 Å². The van der Waals surface area contributed by atoms with Crippen molar-refractivity contribution in [3.8, 4) is 0 Å². The molecule has 2 aliphatic rings. The molecule has 1 aliphatic heterocycles. The minimum atomic E-state index is -0.267. The van der Waals surface area contributed by atoms with Crippen molar-refractivity contribution >= 4 is 17.5 Å². The molecule has 1 fully saturated rings. The number of piperazine rings is 1. The zero-order valence-corrected chi connectivity index (χ0v) is 17.5. The van der Waals surface area contributed by atoms with Gasteiger partial charge in [-0.15, -0.1) is 0 Å². The molecule has 0 N–H and O–H groups in total. The minimum Gasteiger partial charge on any atom is -0.353 e. The summed E-state index contributed by atoms with van der Waals surface area (Å²) in [7, 11) is 0. The summed E-state index contributed by atoms with van der Waals surface area (Å²) in [5.74, 6) is 1.49. The molecule has 0 unspecified atom stereocenters. The van der Waals surface area contributed by atoms with Crippen molar-refractivity contribution < 1.29 is 9.18 Å². The van der Waals surface area contributed by atoms with E-state index in [-0.39, 0.29) is 17.5 Å². The molecular formula is C24H24FN5O. The highest BCUT2D eigenvalue weighted by Gasteiger charge is 2.31. The van der Waals surface area contributed by atoms with Crippen LogP contribution >= 0.6 is 0 Å². The highest BCUT2D eigenvalue weighted by Crippen LogP contribution is 2.34. The highest BCUT2D eigenvalue weighted by molar-refractivity contribution is 5.99. The van der Waals surface area contributed by atoms with Gasteiger partial charge in [-0.1, -0.05) is 18.2 Å². The summed E-state index contributed by atoms with van der Waals surface area (Å²) in [4.78, 5) is 31.2. The standard InChI is InChI=1S/C24H24FN5O/c1-16-23-20(14-18(15-21(23)31)17-5-7-19(25)8-6-17)28-24(27-16)30-12-10-29(11-13-30)22-4-2-3-9-26-22/h2-9,18H,10-15H2,1H3/t18-/m1/s1. The molecular weight excluding hydrogens is 393 g/mol. The lowest BCUT2D eigenvalue weighted by Gasteiger charge is -2.36. The summed E-state index contributed by atoms with van der Waals surface area (Å²) in [6.45, 7) is 5.17. The summed E-state index contributed by atoms with van der Waals surface area (Å²) in [5.41, 5.74) is 3.19. The number of aryl methyl sites for hydroxylation is 1. The third-order valence-electron chi connectivity index (χ3n) is 6.18. The molecule has 1 aliphatic carbocycles. The number of carbonyl (C=O) groups excluding carboxylic acids is 1. The summed E-state index contributed by atoms with van der Waals surface area (Å²) in [6, 6.07) is 12.4. The van der Waals surface area contributed by atoms with Crippen LogP contribution in [0.4, 0.5) is 16.2 Å². The van der Waals surface area contributed by atoms with Crippen LogP contribution in [0.1, 0.15) is 39.6 Å². The molecule has 3 heterocycles. The fourth-order valence-electron chi connectivity index (χ4n) is 4.55. The lowest BCUT2D eigenvalue weighted by Crippen LogP contribution is -2.47. The third kappa shape index (κ3) is 3.87. The first-order valence-electron chi connectivity index (χ1n) is 10.7. The molecule has 0 amide bonds. The van der Waals surface area contributed by atoms with Crippen molar-refractivity contribution in [1.29, 1.82) is 0 Å². The molecule has 5 rings (SSSR count). The number of carbonyl (C=O) groups is 1. The molecule has 0 bridgehead atoms. The topological polar surface area (TPSA) is 62.2 Å². The van der Waals surface area contributed by atoms with Crippen molar-refractivity contribution in [2.75, 3.05) is 36.0 Å². The van der Waals surface area contributed by atoms with E-state index in [0.29, 0.717) is 24.4 Å². The quantitative estimate of drug-likeness (QED) is 0.649. The van der Waals surface area contributed by atoms with Gasteiger partial charge in [0.2, 0.25) is 5.95 Å². The van der Waals surface area contributed by atoms with Gasteiger partial charge in [-0.25, -0.2) is 19.3 Å². The Labute approximate surface area is 180 Å². The number of anilines is 2. The van der Waals surface area contributed by atoms with Crippen LogP contribution < -0.4 is 9.80 Å². The van der Waals surface area contributed by atoms with Crippen LogP contribution in [-0.4, -0.2) is 46.9 Å². The Bertz CT molecular complexity index is 1090. The van der Waals surface area contributed by atoms with Gasteiger partial charge in [0.1, 0.15) is 11.6 Å². The monoisotopic (exact) mass is 417 g/mol. The predicted octanol–water partition coefficient (Wildman–Crippen LogP) is 3.56. The van der Waals surface area contributed by atoms with Crippen LogP contribution in [0, 0.1) is 12.7 Å². The van der Waals surface area contributed by atoms with Gasteiger partial charge in [-0.05, 0) is 49.1 Å². The summed E-state index contributed by atoms with van der Waals surface area (Å²) >= 11 is 0. The number of halogens is 1. The van der Waals surface area contributed by atoms with Gasteiger partial charge in [-0.2, -0.15) is 0 Å². The Balaban J connectivity index is 1.36. The fraction of sp³-hybridized carbons (Fsp3) is 0.333. The maximum absolute atomic E-state index is 13.3. The minimum absolute atomic E-state index is 0.0174. The third-order valence-corrected chi connectivity index (χ3v) is 6.18. The number of rotatable bonds is 3. The number of fused-ring (bicyclic) bond motifs is 1. The molecule has 0 saturated carbocycles. The van der Waals surface area contributed by atoms with E-state index in [1.165, 1.54) is 12.1 Å². The number of Topliss-reactive ketones (excluding diaryl/α,β-unsaturated/α-hetero) is 1. The summed E-state index contributed by atoms with van der Waals surface area (Å²) in [6.07, 6.45) is 2.88. The molecule has 3 aromatic rings. The average molecular weight is 417 g/mol. The molecule has 1 atom stereocenters. The van der Waals surface area contributed by atoms with Gasteiger partial charge in [0.15, 0.2) is 5.78 Å². The van der Waals surface area contributed by atoms with Crippen LogP contribution in [0.3, 0.4) is 0 Å². The van der Waals surface area contributed by atoms with Crippen LogP contribution in [0.15, 0.2) is 48.7 Å². The van der Waals surface area contributed by atoms with Crippen molar-refractivity contribution in [2.45, 2.75) is 25.7 Å². The Morgan fingerprint density at radius 2 is 1.68 bits per heavy atom. The number of benzene rings is 1. The number of aromatic nitrogens is 3. The summed E-state index contributed by atoms with van der Waals surface area (Å²) < 4.78 is 13.3. The smallest absolute Gasteiger partial charge is 0.225 e. The van der Waals surface area contributed by atoms with E-state index < -0.39 is 0 Å². The number of nitrogens with zero attached hydrogens (tertiary/aromatic N) is 5. The van der Waals surface area contributed by atoms with E-state index in [9.17, 15) is 9.18 Å². The van der Waals surface area contributed by atoms with Gasteiger partial charge < -0.3 is 9.80 Å². The number of hydrogen-bond acceptors (Lipinski definition) is 6. The molecule has 1 aromatic carbocycles. The second-order valence-corrected chi connectivity index (χ2v) is 8.17. The second-order valence-electron chi connectivity index (χ2n) is 8.17. The fourth-order valence-corrected chi connectivity index (χ4v) is 4.55. The van der Waals surface area contributed by atoms with E-state index >= 15 is 0 Å². The Kier molecular flexibility index (Phi) is 5.10. The molecule has 7 heteroatoms. The molecule has 1 saturated heterocycles. The molecule has 0 spiro atoms. The van der Waals surface area contributed by atoms with Gasteiger partial charge >= 0.3 is 0 Å². The van der Waals surface area contributed by atoms with Gasteiger partial charge in [0.05, 0.1) is 17.0 Å². The number of hydrogen-bond donors (Lipinski definition) is 0. The molecule has 158 valence electrons. The first kappa shape index (κ1) is 19.6. The van der Waals surface area contributed by atoms with Crippen molar-refractivity contribution in [3.63, 3.8) is 0 Å². The zero-order valence-electron chi connectivity index (χ0n) is 17.5. The average Bonchev–Trinajstić information content (AvgIpc) is 2.79. The van der Waals surface area contributed by atoms with Gasteiger partial charge in [0, 0.05) is 38.8 Å². The number of pyridine rings is 1. The SMILES string of the molecule is Cc1nc(N2CCN(c3ccccn3)CC2)nc2c1C(=O)C[C@H](c1ccc(F)cc1)C2. The van der Waals surface area contributed by atoms with Crippen molar-refractivity contribution in [2.24, 2.45) is 0 Å². The maximum Gasteiger partial charge on any atom is 0.225 e. The molecule has 31 heavy (non-hydrogen) atoms. The number of ketones is 1. The second kappa shape index (κ2) is 8.06. The van der Waals surface area contributed by atoms with Gasteiger partial charge in [-0.3, -0.25) is 4.79 Å². The molecule has 6 nitrogen and oxygen atoms in total.